The van der Waals surface area contributed by atoms with Gasteiger partial charge in [-0.2, -0.15) is 0 Å². The van der Waals surface area contributed by atoms with E-state index in [1.807, 2.05) is 43.3 Å². The molecule has 0 amide bonds. The van der Waals surface area contributed by atoms with Crippen LogP contribution < -0.4 is 4.90 Å². The van der Waals surface area contributed by atoms with Crippen molar-refractivity contribution in [2.75, 3.05) is 19.0 Å². The molecule has 0 fully saturated rings. The first-order valence-corrected chi connectivity index (χ1v) is 3.69. The van der Waals surface area contributed by atoms with Crippen LogP contribution in [0.4, 0.5) is 5.69 Å². The number of hydrogen-bond donors (Lipinski definition) is 1. The zero-order valence-electron chi connectivity index (χ0n) is 7.23. The van der Waals surface area contributed by atoms with Gasteiger partial charge in [-0.3, -0.25) is 0 Å². The lowest BCUT2D eigenvalue weighted by atomic mass is 10.2. The predicted molar refractivity (Wildman–Crippen MR) is 50.1 cm³/mol. The second-order valence-corrected chi connectivity index (χ2v) is 2.70. The van der Waals surface area contributed by atoms with E-state index >= 15 is 0 Å². The number of rotatable bonds is 2. The number of benzene rings is 1. The molecule has 64 valence electrons. The van der Waals surface area contributed by atoms with Gasteiger partial charge in [0.05, 0.1) is 6.21 Å². The SMILES string of the molecule is CN(C)c1ccccc1/C=N/O. The van der Waals surface area contributed by atoms with Crippen LogP contribution >= 0.6 is 0 Å². The monoisotopic (exact) mass is 164 g/mol. The fourth-order valence-corrected chi connectivity index (χ4v) is 1.07. The summed E-state index contributed by atoms with van der Waals surface area (Å²) in [7, 11) is 3.90. The van der Waals surface area contributed by atoms with Crippen molar-refractivity contribution in [1.29, 1.82) is 0 Å². The van der Waals surface area contributed by atoms with E-state index < -0.39 is 0 Å². The van der Waals surface area contributed by atoms with Crippen LogP contribution in [0.2, 0.25) is 0 Å². The molecule has 3 nitrogen and oxygen atoms in total. The molecule has 0 spiro atoms. The van der Waals surface area contributed by atoms with Crippen molar-refractivity contribution >= 4 is 11.9 Å². The van der Waals surface area contributed by atoms with Crippen LogP contribution in [0.5, 0.6) is 0 Å². The highest BCUT2D eigenvalue weighted by molar-refractivity contribution is 5.87. The molecule has 0 bridgehead atoms. The van der Waals surface area contributed by atoms with Crippen molar-refractivity contribution in [3.63, 3.8) is 0 Å². The third-order valence-corrected chi connectivity index (χ3v) is 1.62. The van der Waals surface area contributed by atoms with E-state index in [0.29, 0.717) is 0 Å². The van der Waals surface area contributed by atoms with E-state index in [-0.39, 0.29) is 0 Å². The van der Waals surface area contributed by atoms with Crippen molar-refractivity contribution in [2.45, 2.75) is 0 Å². The average molecular weight is 164 g/mol. The first-order chi connectivity index (χ1) is 5.75. The summed E-state index contributed by atoms with van der Waals surface area (Å²) in [4.78, 5) is 1.97. The molecule has 3 heteroatoms. The van der Waals surface area contributed by atoms with Crippen molar-refractivity contribution in [2.24, 2.45) is 5.16 Å². The summed E-state index contributed by atoms with van der Waals surface area (Å²) in [5.74, 6) is 0. The topological polar surface area (TPSA) is 35.8 Å². The molecule has 12 heavy (non-hydrogen) atoms. The maximum atomic E-state index is 8.38. The lowest BCUT2D eigenvalue weighted by molar-refractivity contribution is 0.322. The van der Waals surface area contributed by atoms with E-state index in [1.54, 1.807) is 0 Å². The Labute approximate surface area is 71.9 Å². The van der Waals surface area contributed by atoms with Gasteiger partial charge in [-0.05, 0) is 6.07 Å². The molecule has 0 atom stereocenters. The van der Waals surface area contributed by atoms with Gasteiger partial charge >= 0.3 is 0 Å². The maximum Gasteiger partial charge on any atom is 0.0754 e. The molecule has 0 aromatic heterocycles. The van der Waals surface area contributed by atoms with Crippen LogP contribution in [0.3, 0.4) is 0 Å². The Morgan fingerprint density at radius 3 is 2.58 bits per heavy atom. The van der Waals surface area contributed by atoms with Gasteiger partial charge in [-0.25, -0.2) is 0 Å². The van der Waals surface area contributed by atoms with Crippen LogP contribution in [0, 0.1) is 0 Å². The molecule has 0 heterocycles. The Kier molecular flexibility index (Phi) is 2.69. The first kappa shape index (κ1) is 8.59. The molecule has 1 N–H and O–H groups in total. The van der Waals surface area contributed by atoms with Crippen LogP contribution in [0.1, 0.15) is 5.56 Å². The summed E-state index contributed by atoms with van der Waals surface area (Å²) >= 11 is 0. The molecular formula is C9H12N2O. The molecular weight excluding hydrogens is 152 g/mol. The van der Waals surface area contributed by atoms with Crippen molar-refractivity contribution in [3.8, 4) is 0 Å². The largest absolute Gasteiger partial charge is 0.411 e. The van der Waals surface area contributed by atoms with E-state index in [9.17, 15) is 0 Å². The summed E-state index contributed by atoms with van der Waals surface area (Å²) in [5.41, 5.74) is 1.94. The second kappa shape index (κ2) is 3.76. The van der Waals surface area contributed by atoms with E-state index in [0.717, 1.165) is 11.3 Å². The van der Waals surface area contributed by atoms with Gasteiger partial charge in [-0.15, -0.1) is 0 Å². The minimum atomic E-state index is 0.907. The Morgan fingerprint density at radius 2 is 2.00 bits per heavy atom. The number of para-hydroxylation sites is 1. The summed E-state index contributed by atoms with van der Waals surface area (Å²) in [6.45, 7) is 0. The van der Waals surface area contributed by atoms with Gasteiger partial charge in [0.15, 0.2) is 0 Å². The summed E-state index contributed by atoms with van der Waals surface area (Å²) in [6.07, 6.45) is 1.43. The summed E-state index contributed by atoms with van der Waals surface area (Å²) in [6, 6.07) is 7.72. The highest BCUT2D eigenvalue weighted by Crippen LogP contribution is 2.15. The third-order valence-electron chi connectivity index (χ3n) is 1.62. The molecule has 0 aliphatic carbocycles. The second-order valence-electron chi connectivity index (χ2n) is 2.70. The van der Waals surface area contributed by atoms with Gasteiger partial charge in [-0.1, -0.05) is 23.4 Å². The third kappa shape index (κ3) is 1.75. The van der Waals surface area contributed by atoms with Gasteiger partial charge in [0.2, 0.25) is 0 Å². The normalized spacial score (nSPS) is 10.5. The van der Waals surface area contributed by atoms with Gasteiger partial charge in [0.25, 0.3) is 0 Å². The van der Waals surface area contributed by atoms with Crippen molar-refractivity contribution in [3.05, 3.63) is 29.8 Å². The minimum absolute atomic E-state index is 0.907. The standard InChI is InChI=1S/C9H12N2O/c1-11(2)9-6-4-3-5-8(9)7-10-12/h3-7,12H,1-2H3/b10-7+. The molecule has 1 aromatic rings. The first-order valence-electron chi connectivity index (χ1n) is 3.69. The molecule has 0 saturated heterocycles. The van der Waals surface area contributed by atoms with E-state index in [1.165, 1.54) is 6.21 Å². The van der Waals surface area contributed by atoms with Crippen molar-refractivity contribution in [1.82, 2.24) is 0 Å². The maximum absolute atomic E-state index is 8.38. The summed E-state index contributed by atoms with van der Waals surface area (Å²) in [5, 5.41) is 11.4. The van der Waals surface area contributed by atoms with Crippen LogP contribution in [0.15, 0.2) is 29.4 Å². The van der Waals surface area contributed by atoms with Crippen LogP contribution in [-0.4, -0.2) is 25.5 Å². The predicted octanol–water partition coefficient (Wildman–Crippen LogP) is 1.56. The van der Waals surface area contributed by atoms with E-state index in [4.69, 9.17) is 5.21 Å². The lowest BCUT2D eigenvalue weighted by Gasteiger charge is -2.14. The fraction of sp³-hybridized carbons (Fsp3) is 0.222. The Balaban J connectivity index is 3.08. The zero-order chi connectivity index (χ0) is 8.97. The summed E-state index contributed by atoms with van der Waals surface area (Å²) < 4.78 is 0. The smallest absolute Gasteiger partial charge is 0.0754 e. The number of oxime groups is 1. The number of hydrogen-bond acceptors (Lipinski definition) is 3. The highest BCUT2D eigenvalue weighted by atomic mass is 16.4. The quantitative estimate of drug-likeness (QED) is 0.409. The van der Waals surface area contributed by atoms with E-state index in [2.05, 4.69) is 5.16 Å². The van der Waals surface area contributed by atoms with Gasteiger partial charge < -0.3 is 10.1 Å². The highest BCUT2D eigenvalue weighted by Gasteiger charge is 1.99. The fourth-order valence-electron chi connectivity index (χ4n) is 1.07. The van der Waals surface area contributed by atoms with Crippen LogP contribution in [-0.2, 0) is 0 Å². The zero-order valence-corrected chi connectivity index (χ0v) is 7.23. The van der Waals surface area contributed by atoms with Crippen molar-refractivity contribution < 1.29 is 5.21 Å². The van der Waals surface area contributed by atoms with Crippen LogP contribution in [0.25, 0.3) is 0 Å². The lowest BCUT2D eigenvalue weighted by Crippen LogP contribution is -2.10. The molecule has 0 radical (unpaired) electrons. The molecule has 1 rings (SSSR count). The molecule has 0 aliphatic heterocycles. The van der Waals surface area contributed by atoms with Gasteiger partial charge in [0, 0.05) is 25.3 Å². The number of anilines is 1. The molecule has 1 aromatic carbocycles. The molecule has 0 saturated carbocycles. The molecule has 0 aliphatic rings. The average Bonchev–Trinajstić information content (AvgIpc) is 2.05. The Bertz CT molecular complexity index is 282. The number of nitrogens with zero attached hydrogens (tertiary/aromatic N) is 2. The Hall–Kier alpha value is -1.51. The Morgan fingerprint density at radius 1 is 1.33 bits per heavy atom. The minimum Gasteiger partial charge on any atom is -0.411 e. The molecule has 0 unspecified atom stereocenters. The van der Waals surface area contributed by atoms with Gasteiger partial charge in [0.1, 0.15) is 0 Å².